The molecule has 33 heavy (non-hydrogen) atoms. The van der Waals surface area contributed by atoms with Crippen molar-refractivity contribution in [2.24, 2.45) is 0 Å². The van der Waals surface area contributed by atoms with E-state index >= 15 is 0 Å². The number of nitrogens with one attached hydrogen (secondary N) is 1. The summed E-state index contributed by atoms with van der Waals surface area (Å²) in [6.07, 6.45) is 0. The Morgan fingerprint density at radius 1 is 1.12 bits per heavy atom. The van der Waals surface area contributed by atoms with Crippen LogP contribution in [0.1, 0.15) is 21.7 Å². The molecule has 0 aliphatic carbocycles. The van der Waals surface area contributed by atoms with Crippen LogP contribution < -0.4 is 10.1 Å². The highest BCUT2D eigenvalue weighted by molar-refractivity contribution is 6.03. The van der Waals surface area contributed by atoms with Crippen LogP contribution in [0.3, 0.4) is 0 Å². The van der Waals surface area contributed by atoms with Crippen molar-refractivity contribution in [1.29, 1.82) is 0 Å². The average molecular weight is 447 g/mol. The fraction of sp³-hybridized carbons (Fsp3) is 0.0870. The average Bonchev–Trinajstić information content (AvgIpc) is 3.19. The Hall–Kier alpha value is -4.60. The lowest BCUT2D eigenvalue weighted by Crippen LogP contribution is -2.14. The minimum Gasteiger partial charge on any atom is -0.489 e. The Kier molecular flexibility index (Phi) is 6.07. The van der Waals surface area contributed by atoms with Gasteiger partial charge < -0.3 is 10.1 Å². The molecule has 10 heteroatoms. The van der Waals surface area contributed by atoms with Gasteiger partial charge in [-0.05, 0) is 42.8 Å². The summed E-state index contributed by atoms with van der Waals surface area (Å²) < 4.78 is 20.2. The Morgan fingerprint density at radius 3 is 2.70 bits per heavy atom. The van der Waals surface area contributed by atoms with Crippen molar-refractivity contribution in [1.82, 2.24) is 15.0 Å². The third-order valence-electron chi connectivity index (χ3n) is 4.78. The van der Waals surface area contributed by atoms with Gasteiger partial charge in [-0.15, -0.1) is 5.10 Å². The Morgan fingerprint density at radius 2 is 1.91 bits per heavy atom. The molecule has 166 valence electrons. The van der Waals surface area contributed by atoms with Crippen molar-refractivity contribution in [2.45, 2.75) is 13.5 Å². The van der Waals surface area contributed by atoms with Gasteiger partial charge in [-0.25, -0.2) is 9.07 Å². The highest BCUT2D eigenvalue weighted by Crippen LogP contribution is 2.20. The molecule has 0 bridgehead atoms. The first-order valence-electron chi connectivity index (χ1n) is 9.86. The number of non-ortho nitro benzene ring substituents is 1. The summed E-state index contributed by atoms with van der Waals surface area (Å²) in [6.45, 7) is 1.84. The number of ether oxygens (including phenoxy) is 1. The van der Waals surface area contributed by atoms with E-state index in [0.29, 0.717) is 22.8 Å². The van der Waals surface area contributed by atoms with E-state index in [0.717, 1.165) is 5.56 Å². The van der Waals surface area contributed by atoms with Gasteiger partial charge >= 0.3 is 0 Å². The van der Waals surface area contributed by atoms with Crippen LogP contribution in [0.25, 0.3) is 5.69 Å². The van der Waals surface area contributed by atoms with Gasteiger partial charge in [-0.2, -0.15) is 0 Å². The molecule has 1 aromatic heterocycles. The van der Waals surface area contributed by atoms with E-state index in [1.165, 1.54) is 35.0 Å². The van der Waals surface area contributed by atoms with E-state index in [9.17, 15) is 19.3 Å². The van der Waals surface area contributed by atoms with Crippen LogP contribution in [0.2, 0.25) is 0 Å². The molecule has 9 nitrogen and oxygen atoms in total. The standard InChI is InChI=1S/C23H18FN5O4/c1-15-22(26-27-28(15)19-8-4-9-20(13-19)29(31)32)23(30)25-18-7-2-5-16(11-18)14-33-21-10-3-6-17(24)12-21/h2-13H,14H2,1H3,(H,25,30). The SMILES string of the molecule is Cc1c(C(=O)Nc2cccc(COc3cccc(F)c3)c2)nnn1-c1cccc([N+](=O)[O-])c1. The van der Waals surface area contributed by atoms with Crippen LogP contribution in [-0.2, 0) is 6.61 Å². The van der Waals surface area contributed by atoms with E-state index in [2.05, 4.69) is 15.6 Å². The van der Waals surface area contributed by atoms with Gasteiger partial charge in [0, 0.05) is 23.9 Å². The number of amides is 1. The molecular weight excluding hydrogens is 429 g/mol. The monoisotopic (exact) mass is 447 g/mol. The summed E-state index contributed by atoms with van der Waals surface area (Å²) in [6, 6.07) is 18.8. The van der Waals surface area contributed by atoms with Crippen molar-refractivity contribution in [3.63, 3.8) is 0 Å². The van der Waals surface area contributed by atoms with Crippen molar-refractivity contribution >= 4 is 17.3 Å². The number of hydrogen-bond donors (Lipinski definition) is 1. The molecule has 0 spiro atoms. The van der Waals surface area contributed by atoms with E-state index in [1.807, 2.05) is 6.07 Å². The summed E-state index contributed by atoms with van der Waals surface area (Å²) >= 11 is 0. The van der Waals surface area contributed by atoms with Gasteiger partial charge in [0.1, 0.15) is 18.2 Å². The molecule has 0 radical (unpaired) electrons. The maximum Gasteiger partial charge on any atom is 0.278 e. The second-order valence-corrected chi connectivity index (χ2v) is 7.11. The zero-order chi connectivity index (χ0) is 23.4. The first-order valence-corrected chi connectivity index (χ1v) is 9.86. The molecule has 0 saturated carbocycles. The highest BCUT2D eigenvalue weighted by Gasteiger charge is 2.19. The zero-order valence-electron chi connectivity index (χ0n) is 17.4. The normalized spacial score (nSPS) is 10.6. The molecule has 4 rings (SSSR count). The fourth-order valence-electron chi connectivity index (χ4n) is 3.18. The summed E-state index contributed by atoms with van der Waals surface area (Å²) in [4.78, 5) is 23.3. The van der Waals surface area contributed by atoms with Crippen molar-refractivity contribution in [3.8, 4) is 11.4 Å². The molecule has 4 aromatic rings. The van der Waals surface area contributed by atoms with Crippen LogP contribution >= 0.6 is 0 Å². The number of anilines is 1. The molecular formula is C23H18FN5O4. The fourth-order valence-corrected chi connectivity index (χ4v) is 3.18. The van der Waals surface area contributed by atoms with Gasteiger partial charge in [-0.1, -0.05) is 29.5 Å². The number of aromatic nitrogens is 3. The number of halogens is 1. The molecule has 0 saturated heterocycles. The third-order valence-corrected chi connectivity index (χ3v) is 4.78. The van der Waals surface area contributed by atoms with E-state index in [4.69, 9.17) is 4.74 Å². The molecule has 0 atom stereocenters. The van der Waals surface area contributed by atoms with Crippen molar-refractivity contribution in [3.05, 3.63) is 106 Å². The van der Waals surface area contributed by atoms with Crippen LogP contribution in [0, 0.1) is 22.9 Å². The minimum absolute atomic E-state index is 0.0860. The molecule has 3 aromatic carbocycles. The van der Waals surface area contributed by atoms with Gasteiger partial charge in [0.05, 0.1) is 16.3 Å². The van der Waals surface area contributed by atoms with Gasteiger partial charge in [-0.3, -0.25) is 14.9 Å². The van der Waals surface area contributed by atoms with Gasteiger partial charge in [0.15, 0.2) is 5.69 Å². The first kappa shape index (κ1) is 21.6. The Balaban J connectivity index is 1.47. The van der Waals surface area contributed by atoms with E-state index in [1.54, 1.807) is 43.3 Å². The summed E-state index contributed by atoms with van der Waals surface area (Å²) in [5.41, 5.74) is 2.13. The minimum atomic E-state index is -0.506. The molecule has 0 unspecified atom stereocenters. The maximum atomic E-state index is 13.3. The zero-order valence-corrected chi connectivity index (χ0v) is 17.4. The molecule has 0 fully saturated rings. The molecule has 0 aliphatic heterocycles. The number of hydrogen-bond acceptors (Lipinski definition) is 6. The second kappa shape index (κ2) is 9.27. The first-order chi connectivity index (χ1) is 15.9. The third kappa shape index (κ3) is 5.01. The lowest BCUT2D eigenvalue weighted by atomic mass is 10.2. The lowest BCUT2D eigenvalue weighted by Gasteiger charge is -2.09. The second-order valence-electron chi connectivity index (χ2n) is 7.11. The number of nitro benzene ring substituents is 1. The number of nitrogens with zero attached hydrogens (tertiary/aromatic N) is 4. The van der Waals surface area contributed by atoms with Gasteiger partial charge in [0.25, 0.3) is 11.6 Å². The van der Waals surface area contributed by atoms with Crippen molar-refractivity contribution < 1.29 is 18.8 Å². The largest absolute Gasteiger partial charge is 0.489 e. The quantitative estimate of drug-likeness (QED) is 0.331. The van der Waals surface area contributed by atoms with Crippen LogP contribution in [0.5, 0.6) is 5.75 Å². The molecule has 1 heterocycles. The van der Waals surface area contributed by atoms with Crippen LogP contribution in [0.4, 0.5) is 15.8 Å². The van der Waals surface area contributed by atoms with Crippen LogP contribution in [-0.4, -0.2) is 25.8 Å². The topological polar surface area (TPSA) is 112 Å². The number of benzene rings is 3. The smallest absolute Gasteiger partial charge is 0.278 e. The summed E-state index contributed by atoms with van der Waals surface area (Å²) in [5.74, 6) is -0.466. The molecule has 1 amide bonds. The Labute approximate surface area is 187 Å². The lowest BCUT2D eigenvalue weighted by molar-refractivity contribution is -0.384. The summed E-state index contributed by atoms with van der Waals surface area (Å²) in [5, 5.41) is 21.7. The number of rotatable bonds is 7. The van der Waals surface area contributed by atoms with Gasteiger partial charge in [0.2, 0.25) is 0 Å². The van der Waals surface area contributed by atoms with Crippen LogP contribution in [0.15, 0.2) is 72.8 Å². The van der Waals surface area contributed by atoms with E-state index < -0.39 is 10.8 Å². The number of carbonyl (C=O) groups is 1. The number of carbonyl (C=O) groups excluding carboxylic acids is 1. The molecule has 0 aliphatic rings. The summed E-state index contributed by atoms with van der Waals surface area (Å²) in [7, 11) is 0. The van der Waals surface area contributed by atoms with E-state index in [-0.39, 0.29) is 23.8 Å². The predicted octanol–water partition coefficient (Wildman–Crippen LogP) is 4.45. The number of nitro groups is 1. The predicted molar refractivity (Wildman–Crippen MR) is 118 cm³/mol. The highest BCUT2D eigenvalue weighted by atomic mass is 19.1. The van der Waals surface area contributed by atoms with Crippen molar-refractivity contribution in [2.75, 3.05) is 5.32 Å². The molecule has 1 N–H and O–H groups in total. The Bertz CT molecular complexity index is 1340. The maximum absolute atomic E-state index is 13.3.